The number of hydrogen-bond acceptors (Lipinski definition) is 6. The molecule has 30 heavy (non-hydrogen) atoms. The summed E-state index contributed by atoms with van der Waals surface area (Å²) in [5.74, 6) is 3.06. The van der Waals surface area contributed by atoms with Crippen LogP contribution < -0.4 is 16.0 Å². The first-order valence-corrected chi connectivity index (χ1v) is 12.7. The molecule has 1 amide bonds. The second-order valence-corrected chi connectivity index (χ2v) is 11.5. The fourth-order valence-electron chi connectivity index (χ4n) is 5.18. The molecule has 1 aliphatic heterocycles. The average molecular weight is 490 g/mol. The number of primary amides is 1. The number of halogens is 1. The summed E-state index contributed by atoms with van der Waals surface area (Å²) >= 11 is 5.74. The standard InChI is InChI=1S/C22H28BrN5OS/c23-15-3-4-18-17(12-15)20(25-16-9-14(10-16)11-19(24)29)27-21(26-18)28-7-8-30-22(13-28)5-1-2-6-22/h3-4,12,14,16H,1-2,5-11,13H2,(H2,24,29)(H,25,26,27). The van der Waals surface area contributed by atoms with Gasteiger partial charge in [-0.3, -0.25) is 4.79 Å². The summed E-state index contributed by atoms with van der Waals surface area (Å²) < 4.78 is 1.41. The Morgan fingerprint density at radius 1 is 1.30 bits per heavy atom. The second-order valence-electron chi connectivity index (χ2n) is 9.04. The summed E-state index contributed by atoms with van der Waals surface area (Å²) in [5.41, 5.74) is 6.32. The van der Waals surface area contributed by atoms with Crippen LogP contribution in [-0.2, 0) is 4.79 Å². The van der Waals surface area contributed by atoms with Crippen molar-refractivity contribution in [3.63, 3.8) is 0 Å². The number of nitrogens with one attached hydrogen (secondary N) is 1. The van der Waals surface area contributed by atoms with E-state index in [1.807, 2.05) is 6.07 Å². The summed E-state index contributed by atoms with van der Waals surface area (Å²) in [4.78, 5) is 23.5. The topological polar surface area (TPSA) is 84.1 Å². The largest absolute Gasteiger partial charge is 0.370 e. The third-order valence-corrected chi connectivity index (χ3v) is 8.79. The Labute approximate surface area is 189 Å². The van der Waals surface area contributed by atoms with Crippen molar-refractivity contribution >= 4 is 56.3 Å². The molecule has 6 nitrogen and oxygen atoms in total. The van der Waals surface area contributed by atoms with Gasteiger partial charge in [-0.2, -0.15) is 16.7 Å². The lowest BCUT2D eigenvalue weighted by atomic mass is 9.78. The number of carbonyl (C=O) groups excluding carboxylic acids is 1. The number of fused-ring (bicyclic) bond motifs is 1. The van der Waals surface area contributed by atoms with Gasteiger partial charge in [-0.05, 0) is 49.8 Å². The van der Waals surface area contributed by atoms with Crippen molar-refractivity contribution in [3.05, 3.63) is 22.7 Å². The van der Waals surface area contributed by atoms with Crippen LogP contribution in [0.4, 0.5) is 11.8 Å². The van der Waals surface area contributed by atoms with E-state index in [0.29, 0.717) is 23.1 Å². The van der Waals surface area contributed by atoms with Crippen LogP contribution in [0.25, 0.3) is 10.9 Å². The zero-order chi connectivity index (χ0) is 20.7. The van der Waals surface area contributed by atoms with E-state index in [0.717, 1.165) is 58.8 Å². The maximum Gasteiger partial charge on any atom is 0.227 e. The van der Waals surface area contributed by atoms with Crippen LogP contribution in [0.3, 0.4) is 0 Å². The molecule has 0 unspecified atom stereocenters. The molecule has 2 saturated carbocycles. The van der Waals surface area contributed by atoms with Crippen LogP contribution in [-0.4, -0.2) is 45.5 Å². The Morgan fingerprint density at radius 3 is 2.87 bits per heavy atom. The van der Waals surface area contributed by atoms with Crippen LogP contribution in [0.5, 0.6) is 0 Å². The van der Waals surface area contributed by atoms with Crippen LogP contribution >= 0.6 is 27.7 Å². The van der Waals surface area contributed by atoms with Crippen LogP contribution in [0.2, 0.25) is 0 Å². The predicted molar refractivity (Wildman–Crippen MR) is 127 cm³/mol. The minimum atomic E-state index is -0.207. The molecule has 160 valence electrons. The quantitative estimate of drug-likeness (QED) is 0.650. The third-order valence-electron chi connectivity index (χ3n) is 6.76. The number of thioether (sulfide) groups is 1. The number of amides is 1. The zero-order valence-electron chi connectivity index (χ0n) is 17.1. The monoisotopic (exact) mass is 489 g/mol. The van der Waals surface area contributed by atoms with Gasteiger partial charge in [-0.15, -0.1) is 0 Å². The Balaban J connectivity index is 1.41. The first-order valence-electron chi connectivity index (χ1n) is 10.9. The number of rotatable bonds is 5. The van der Waals surface area contributed by atoms with E-state index in [2.05, 4.69) is 50.0 Å². The maximum atomic E-state index is 11.2. The molecule has 1 saturated heterocycles. The van der Waals surface area contributed by atoms with E-state index in [1.165, 1.54) is 25.7 Å². The van der Waals surface area contributed by atoms with Gasteiger partial charge in [0.2, 0.25) is 11.9 Å². The maximum absolute atomic E-state index is 11.2. The molecule has 1 aromatic carbocycles. The molecule has 2 heterocycles. The fourth-order valence-corrected chi connectivity index (χ4v) is 7.11. The van der Waals surface area contributed by atoms with Crippen molar-refractivity contribution < 1.29 is 4.79 Å². The summed E-state index contributed by atoms with van der Waals surface area (Å²) in [6, 6.07) is 6.53. The molecule has 8 heteroatoms. The van der Waals surface area contributed by atoms with E-state index < -0.39 is 0 Å². The molecule has 1 aromatic heterocycles. The van der Waals surface area contributed by atoms with E-state index in [4.69, 9.17) is 15.7 Å². The number of hydrogen-bond donors (Lipinski definition) is 2. The molecule has 3 fully saturated rings. The molecule has 0 radical (unpaired) electrons. The molecule has 2 aromatic rings. The number of nitrogens with zero attached hydrogens (tertiary/aromatic N) is 3. The summed E-state index contributed by atoms with van der Waals surface area (Å²) in [5, 5.41) is 4.67. The first-order chi connectivity index (χ1) is 14.5. The van der Waals surface area contributed by atoms with Gasteiger partial charge in [0, 0.05) is 45.9 Å². The van der Waals surface area contributed by atoms with Crippen LogP contribution in [0.15, 0.2) is 22.7 Å². The lowest BCUT2D eigenvalue weighted by Gasteiger charge is -2.40. The van der Waals surface area contributed by atoms with E-state index >= 15 is 0 Å². The Hall–Kier alpha value is -1.54. The number of aromatic nitrogens is 2. The SMILES string of the molecule is NC(=O)CC1CC(Nc2nc(N3CCSC4(CCCC4)C3)nc3ccc(Br)cc23)C1. The highest BCUT2D eigenvalue weighted by atomic mass is 79.9. The number of nitrogens with two attached hydrogens (primary N) is 1. The zero-order valence-corrected chi connectivity index (χ0v) is 19.5. The van der Waals surface area contributed by atoms with Crippen molar-refractivity contribution in [1.82, 2.24) is 9.97 Å². The summed E-state index contributed by atoms with van der Waals surface area (Å²) in [7, 11) is 0. The fraction of sp³-hybridized carbons (Fsp3) is 0.591. The summed E-state index contributed by atoms with van der Waals surface area (Å²) in [6.07, 6.45) is 7.70. The van der Waals surface area contributed by atoms with E-state index in [1.54, 1.807) is 0 Å². The average Bonchev–Trinajstić information content (AvgIpc) is 3.13. The number of carbonyl (C=O) groups is 1. The third kappa shape index (κ3) is 4.13. The second kappa shape index (κ2) is 8.19. The van der Waals surface area contributed by atoms with Crippen LogP contribution in [0, 0.1) is 5.92 Å². The molecule has 3 N–H and O–H groups in total. The number of anilines is 2. The van der Waals surface area contributed by atoms with Crippen molar-refractivity contribution in [2.75, 3.05) is 29.1 Å². The highest BCUT2D eigenvalue weighted by molar-refractivity contribution is 9.10. The lowest BCUT2D eigenvalue weighted by Crippen LogP contribution is -2.46. The van der Waals surface area contributed by atoms with Gasteiger partial charge >= 0.3 is 0 Å². The van der Waals surface area contributed by atoms with Gasteiger partial charge in [0.25, 0.3) is 0 Å². The van der Waals surface area contributed by atoms with Crippen molar-refractivity contribution in [1.29, 1.82) is 0 Å². The Kier molecular flexibility index (Phi) is 5.56. The lowest BCUT2D eigenvalue weighted by molar-refractivity contribution is -0.119. The molecular weight excluding hydrogens is 462 g/mol. The highest BCUT2D eigenvalue weighted by Crippen LogP contribution is 2.45. The van der Waals surface area contributed by atoms with Crippen LogP contribution in [0.1, 0.15) is 44.9 Å². The van der Waals surface area contributed by atoms with Crippen molar-refractivity contribution in [2.24, 2.45) is 11.7 Å². The number of benzene rings is 1. The van der Waals surface area contributed by atoms with Gasteiger partial charge in [-0.25, -0.2) is 4.98 Å². The Bertz CT molecular complexity index is 958. The molecule has 5 rings (SSSR count). The molecule has 0 atom stereocenters. The molecule has 0 bridgehead atoms. The van der Waals surface area contributed by atoms with E-state index in [9.17, 15) is 4.79 Å². The smallest absolute Gasteiger partial charge is 0.227 e. The van der Waals surface area contributed by atoms with E-state index in [-0.39, 0.29) is 5.91 Å². The van der Waals surface area contributed by atoms with Gasteiger partial charge < -0.3 is 16.0 Å². The molecular formula is C22H28BrN5OS. The van der Waals surface area contributed by atoms with Gasteiger partial charge in [-0.1, -0.05) is 28.8 Å². The first kappa shape index (κ1) is 20.4. The minimum absolute atomic E-state index is 0.207. The van der Waals surface area contributed by atoms with Crippen molar-refractivity contribution in [3.8, 4) is 0 Å². The van der Waals surface area contributed by atoms with Gasteiger partial charge in [0.05, 0.1) is 5.52 Å². The van der Waals surface area contributed by atoms with Gasteiger partial charge in [0.1, 0.15) is 5.82 Å². The minimum Gasteiger partial charge on any atom is -0.370 e. The normalized spacial score (nSPS) is 25.4. The Morgan fingerprint density at radius 2 is 2.10 bits per heavy atom. The molecule has 1 spiro atoms. The molecule has 2 aliphatic carbocycles. The molecule has 3 aliphatic rings. The van der Waals surface area contributed by atoms with Gasteiger partial charge in [0.15, 0.2) is 0 Å². The summed E-state index contributed by atoms with van der Waals surface area (Å²) in [6.45, 7) is 2.04. The predicted octanol–water partition coefficient (Wildman–Crippen LogP) is 4.32. The van der Waals surface area contributed by atoms with Crippen molar-refractivity contribution in [2.45, 2.75) is 55.7 Å². The highest BCUT2D eigenvalue weighted by Gasteiger charge is 2.39.